The molecule has 1 aromatic rings. The SMILES string of the molecule is Cl.Cl.NC1CCCN(c2cccc(F)c2)C1. The maximum absolute atomic E-state index is 13.0. The van der Waals surface area contributed by atoms with E-state index in [1.54, 1.807) is 12.1 Å². The summed E-state index contributed by atoms with van der Waals surface area (Å²) in [4.78, 5) is 2.15. The molecule has 0 saturated carbocycles. The second-order valence-corrected chi connectivity index (χ2v) is 3.83. The molecule has 0 bridgehead atoms. The van der Waals surface area contributed by atoms with Crippen LogP contribution in [0.5, 0.6) is 0 Å². The van der Waals surface area contributed by atoms with Crippen molar-refractivity contribution in [3.63, 3.8) is 0 Å². The van der Waals surface area contributed by atoms with E-state index in [-0.39, 0.29) is 36.7 Å². The van der Waals surface area contributed by atoms with Crippen molar-refractivity contribution in [3.05, 3.63) is 30.1 Å². The number of rotatable bonds is 1. The van der Waals surface area contributed by atoms with Crippen molar-refractivity contribution in [1.82, 2.24) is 0 Å². The number of halogens is 3. The number of piperidine rings is 1. The summed E-state index contributed by atoms with van der Waals surface area (Å²) in [7, 11) is 0. The minimum atomic E-state index is -0.179. The largest absolute Gasteiger partial charge is 0.370 e. The summed E-state index contributed by atoms with van der Waals surface area (Å²) < 4.78 is 13.0. The van der Waals surface area contributed by atoms with Gasteiger partial charge in [0.05, 0.1) is 0 Å². The molecule has 1 saturated heterocycles. The number of benzene rings is 1. The molecule has 0 spiro atoms. The number of hydrogen-bond acceptors (Lipinski definition) is 2. The molecule has 0 amide bonds. The molecule has 1 unspecified atom stereocenters. The zero-order valence-electron chi connectivity index (χ0n) is 8.93. The van der Waals surface area contributed by atoms with E-state index < -0.39 is 0 Å². The molecule has 2 nitrogen and oxygen atoms in total. The molecular weight excluding hydrogens is 250 g/mol. The molecule has 1 aliphatic rings. The third-order valence-electron chi connectivity index (χ3n) is 2.63. The highest BCUT2D eigenvalue weighted by Crippen LogP contribution is 2.19. The maximum atomic E-state index is 13.0. The second kappa shape index (κ2) is 6.94. The lowest BCUT2D eigenvalue weighted by Gasteiger charge is -2.32. The van der Waals surface area contributed by atoms with Gasteiger partial charge >= 0.3 is 0 Å². The van der Waals surface area contributed by atoms with Gasteiger partial charge in [0.2, 0.25) is 0 Å². The predicted molar refractivity (Wildman–Crippen MR) is 70.3 cm³/mol. The first kappa shape index (κ1) is 15.5. The second-order valence-electron chi connectivity index (χ2n) is 3.83. The highest BCUT2D eigenvalue weighted by molar-refractivity contribution is 5.85. The van der Waals surface area contributed by atoms with Crippen LogP contribution in [0.4, 0.5) is 10.1 Å². The summed E-state index contributed by atoms with van der Waals surface area (Å²) >= 11 is 0. The predicted octanol–water partition coefficient (Wildman–Crippen LogP) is 2.60. The topological polar surface area (TPSA) is 29.3 Å². The van der Waals surface area contributed by atoms with Gasteiger partial charge in [0.1, 0.15) is 5.82 Å². The molecule has 1 fully saturated rings. The Morgan fingerprint density at radius 1 is 1.31 bits per heavy atom. The monoisotopic (exact) mass is 266 g/mol. The highest BCUT2D eigenvalue weighted by Gasteiger charge is 2.16. The molecule has 0 radical (unpaired) electrons. The fraction of sp³-hybridized carbons (Fsp3) is 0.455. The molecular formula is C11H17Cl2FN2. The van der Waals surface area contributed by atoms with Crippen molar-refractivity contribution in [2.45, 2.75) is 18.9 Å². The van der Waals surface area contributed by atoms with E-state index in [0.717, 1.165) is 31.6 Å². The molecule has 1 aromatic carbocycles. The molecule has 1 atom stereocenters. The first-order valence-corrected chi connectivity index (χ1v) is 5.02. The van der Waals surface area contributed by atoms with E-state index in [0.29, 0.717) is 0 Å². The number of nitrogens with zero attached hydrogens (tertiary/aromatic N) is 1. The third-order valence-corrected chi connectivity index (χ3v) is 2.63. The molecule has 92 valence electrons. The molecule has 2 rings (SSSR count). The summed E-state index contributed by atoms with van der Waals surface area (Å²) in [5.74, 6) is -0.179. The Hall–Kier alpha value is -0.510. The summed E-state index contributed by atoms with van der Waals surface area (Å²) in [6.07, 6.45) is 2.17. The van der Waals surface area contributed by atoms with Crippen LogP contribution in [0.3, 0.4) is 0 Å². The van der Waals surface area contributed by atoms with Gasteiger partial charge in [-0.2, -0.15) is 0 Å². The van der Waals surface area contributed by atoms with Crippen molar-refractivity contribution < 1.29 is 4.39 Å². The summed E-state index contributed by atoms with van der Waals surface area (Å²) in [6, 6.07) is 6.93. The van der Waals surface area contributed by atoms with E-state index in [2.05, 4.69) is 4.90 Å². The van der Waals surface area contributed by atoms with Crippen molar-refractivity contribution in [2.75, 3.05) is 18.0 Å². The molecule has 2 N–H and O–H groups in total. The van der Waals surface area contributed by atoms with Gasteiger partial charge in [0.15, 0.2) is 0 Å². The van der Waals surface area contributed by atoms with Crippen LogP contribution in [0.2, 0.25) is 0 Å². The number of nitrogens with two attached hydrogens (primary N) is 1. The molecule has 1 aliphatic heterocycles. The van der Waals surface area contributed by atoms with Crippen molar-refractivity contribution in [3.8, 4) is 0 Å². The van der Waals surface area contributed by atoms with Gasteiger partial charge in [0, 0.05) is 24.8 Å². The van der Waals surface area contributed by atoms with Crippen LogP contribution in [0.25, 0.3) is 0 Å². The van der Waals surface area contributed by atoms with Crippen LogP contribution < -0.4 is 10.6 Å². The van der Waals surface area contributed by atoms with Crippen LogP contribution >= 0.6 is 24.8 Å². The van der Waals surface area contributed by atoms with Crippen molar-refractivity contribution >= 4 is 30.5 Å². The van der Waals surface area contributed by atoms with Crippen LogP contribution in [-0.4, -0.2) is 19.1 Å². The van der Waals surface area contributed by atoms with E-state index in [9.17, 15) is 4.39 Å². The lowest BCUT2D eigenvalue weighted by molar-refractivity contribution is 0.505. The van der Waals surface area contributed by atoms with Gasteiger partial charge in [-0.05, 0) is 31.0 Å². The maximum Gasteiger partial charge on any atom is 0.125 e. The Balaban J connectivity index is 0.00000112. The Kier molecular flexibility index (Phi) is 6.72. The Bertz CT molecular complexity index is 323. The van der Waals surface area contributed by atoms with E-state index in [1.807, 2.05) is 6.07 Å². The minimum Gasteiger partial charge on any atom is -0.370 e. The van der Waals surface area contributed by atoms with E-state index in [1.165, 1.54) is 6.07 Å². The number of anilines is 1. The standard InChI is InChI=1S/C11H15FN2.2ClH/c12-9-3-1-5-11(7-9)14-6-2-4-10(13)8-14;;/h1,3,5,7,10H,2,4,6,8,13H2;2*1H. The Morgan fingerprint density at radius 3 is 2.69 bits per heavy atom. The van der Waals surface area contributed by atoms with Crippen LogP contribution in [0.15, 0.2) is 24.3 Å². The van der Waals surface area contributed by atoms with Gasteiger partial charge < -0.3 is 10.6 Å². The summed E-state index contributed by atoms with van der Waals surface area (Å²) in [6.45, 7) is 1.82. The normalized spacial score (nSPS) is 19.6. The molecule has 0 aliphatic carbocycles. The summed E-state index contributed by atoms with van der Waals surface area (Å²) in [5, 5.41) is 0. The van der Waals surface area contributed by atoms with Gasteiger partial charge in [-0.25, -0.2) is 4.39 Å². The first-order chi connectivity index (χ1) is 6.75. The molecule has 1 heterocycles. The first-order valence-electron chi connectivity index (χ1n) is 5.02. The Labute approximate surface area is 108 Å². The molecule has 16 heavy (non-hydrogen) atoms. The zero-order valence-corrected chi connectivity index (χ0v) is 10.6. The quantitative estimate of drug-likeness (QED) is 0.847. The Morgan fingerprint density at radius 2 is 2.06 bits per heavy atom. The van der Waals surface area contributed by atoms with Gasteiger partial charge in [-0.3, -0.25) is 0 Å². The third kappa shape index (κ3) is 3.81. The average molecular weight is 267 g/mol. The molecule has 5 heteroatoms. The van der Waals surface area contributed by atoms with Crippen molar-refractivity contribution in [1.29, 1.82) is 0 Å². The highest BCUT2D eigenvalue weighted by atomic mass is 35.5. The average Bonchev–Trinajstić information content (AvgIpc) is 2.18. The van der Waals surface area contributed by atoms with Gasteiger partial charge in [-0.15, -0.1) is 24.8 Å². The van der Waals surface area contributed by atoms with Crippen LogP contribution in [-0.2, 0) is 0 Å². The number of hydrogen-bond donors (Lipinski definition) is 1. The summed E-state index contributed by atoms with van der Waals surface area (Å²) in [5.41, 5.74) is 6.81. The van der Waals surface area contributed by atoms with Crippen LogP contribution in [0, 0.1) is 5.82 Å². The van der Waals surface area contributed by atoms with Gasteiger partial charge in [0.25, 0.3) is 0 Å². The minimum absolute atomic E-state index is 0. The van der Waals surface area contributed by atoms with Crippen LogP contribution in [0.1, 0.15) is 12.8 Å². The fourth-order valence-corrected chi connectivity index (χ4v) is 1.92. The van der Waals surface area contributed by atoms with Crippen molar-refractivity contribution in [2.24, 2.45) is 5.73 Å². The zero-order chi connectivity index (χ0) is 9.97. The lowest BCUT2D eigenvalue weighted by Crippen LogP contribution is -2.42. The van der Waals surface area contributed by atoms with E-state index in [4.69, 9.17) is 5.73 Å². The lowest BCUT2D eigenvalue weighted by atomic mass is 10.1. The smallest absolute Gasteiger partial charge is 0.125 e. The molecule has 0 aromatic heterocycles. The fourth-order valence-electron chi connectivity index (χ4n) is 1.92. The van der Waals surface area contributed by atoms with Gasteiger partial charge in [-0.1, -0.05) is 6.07 Å². The van der Waals surface area contributed by atoms with E-state index >= 15 is 0 Å².